The average molecular weight is 430 g/mol. The Morgan fingerprint density at radius 2 is 1.52 bits per heavy atom. The maximum absolute atomic E-state index is 9.85. The fraction of sp³-hybridized carbons (Fsp3) is 0.364. The van der Waals surface area contributed by atoms with Gasteiger partial charge in [-0.1, -0.05) is 49.3 Å². The second-order valence-electron chi connectivity index (χ2n) is 6.59. The van der Waals surface area contributed by atoms with E-state index in [-0.39, 0.29) is 39.9 Å². The van der Waals surface area contributed by atoms with Crippen molar-refractivity contribution in [3.8, 4) is 23.6 Å². The van der Waals surface area contributed by atoms with Crippen molar-refractivity contribution < 1.29 is 9.47 Å². The summed E-state index contributed by atoms with van der Waals surface area (Å²) in [6.45, 7) is 7.73. The Hall–Kier alpha value is -2.54. The SMILES string of the molecule is CCC(C)Oc1c(Cl)c(Sc2ccccc2N)c(OC(C)CC)c(C#N)c1C#N. The highest BCUT2D eigenvalue weighted by atomic mass is 35.5. The minimum absolute atomic E-state index is 0.0847. The van der Waals surface area contributed by atoms with Gasteiger partial charge in [-0.25, -0.2) is 0 Å². The zero-order valence-electron chi connectivity index (χ0n) is 17.0. The monoisotopic (exact) mass is 429 g/mol. The summed E-state index contributed by atoms with van der Waals surface area (Å²) < 4.78 is 12.0. The maximum Gasteiger partial charge on any atom is 0.158 e. The molecule has 29 heavy (non-hydrogen) atoms. The number of anilines is 1. The van der Waals surface area contributed by atoms with Gasteiger partial charge >= 0.3 is 0 Å². The number of nitrogens with two attached hydrogens (primary N) is 1. The molecular formula is C22H24ClN3O2S. The zero-order valence-corrected chi connectivity index (χ0v) is 18.5. The number of halogens is 1. The molecule has 2 atom stereocenters. The lowest BCUT2D eigenvalue weighted by Crippen LogP contribution is -2.15. The average Bonchev–Trinajstić information content (AvgIpc) is 2.73. The molecule has 2 aromatic rings. The van der Waals surface area contributed by atoms with Crippen LogP contribution in [0.1, 0.15) is 51.7 Å². The zero-order chi connectivity index (χ0) is 21.6. The number of hydrogen-bond acceptors (Lipinski definition) is 6. The predicted octanol–water partition coefficient (Wildman–Crippen LogP) is 6.17. The van der Waals surface area contributed by atoms with Gasteiger partial charge in [0.25, 0.3) is 0 Å². The van der Waals surface area contributed by atoms with Crippen LogP contribution in [0.15, 0.2) is 34.1 Å². The number of nitrogens with zero attached hydrogens (tertiary/aromatic N) is 2. The second kappa shape index (κ2) is 10.3. The molecule has 0 amide bonds. The summed E-state index contributed by atoms with van der Waals surface area (Å²) in [4.78, 5) is 1.28. The smallest absolute Gasteiger partial charge is 0.158 e. The van der Waals surface area contributed by atoms with E-state index in [0.29, 0.717) is 10.6 Å². The van der Waals surface area contributed by atoms with E-state index >= 15 is 0 Å². The molecule has 2 rings (SSSR count). The van der Waals surface area contributed by atoms with Gasteiger partial charge in [0.1, 0.15) is 28.3 Å². The van der Waals surface area contributed by atoms with Crippen molar-refractivity contribution in [1.82, 2.24) is 0 Å². The van der Waals surface area contributed by atoms with E-state index < -0.39 is 0 Å². The lowest BCUT2D eigenvalue weighted by Gasteiger charge is -2.23. The summed E-state index contributed by atoms with van der Waals surface area (Å²) in [5, 5.41) is 19.9. The third-order valence-corrected chi connectivity index (χ3v) is 6.11. The van der Waals surface area contributed by atoms with Gasteiger partial charge in [0.2, 0.25) is 0 Å². The first-order valence-corrected chi connectivity index (χ1v) is 10.6. The predicted molar refractivity (Wildman–Crippen MR) is 117 cm³/mol. The Labute approximate surface area is 181 Å². The topological polar surface area (TPSA) is 92.1 Å². The van der Waals surface area contributed by atoms with Crippen LogP contribution in [0.4, 0.5) is 5.69 Å². The third-order valence-electron chi connectivity index (χ3n) is 4.45. The van der Waals surface area contributed by atoms with Gasteiger partial charge in [-0.2, -0.15) is 10.5 Å². The molecule has 0 heterocycles. The van der Waals surface area contributed by atoms with Gasteiger partial charge in [0.15, 0.2) is 11.5 Å². The molecule has 0 fully saturated rings. The van der Waals surface area contributed by atoms with E-state index in [0.717, 1.165) is 17.7 Å². The molecule has 0 bridgehead atoms. The number of benzene rings is 2. The highest BCUT2D eigenvalue weighted by molar-refractivity contribution is 7.99. The van der Waals surface area contributed by atoms with Crippen molar-refractivity contribution in [3.05, 3.63) is 40.4 Å². The van der Waals surface area contributed by atoms with Crippen LogP contribution in [0.25, 0.3) is 0 Å². The molecule has 0 aliphatic rings. The Kier molecular flexibility index (Phi) is 8.08. The summed E-state index contributed by atoms with van der Waals surface area (Å²) in [6, 6.07) is 11.5. The van der Waals surface area contributed by atoms with Crippen LogP contribution < -0.4 is 15.2 Å². The van der Waals surface area contributed by atoms with Crippen molar-refractivity contribution in [1.29, 1.82) is 10.5 Å². The number of nitrogen functional groups attached to an aromatic ring is 1. The quantitative estimate of drug-likeness (QED) is 0.504. The van der Waals surface area contributed by atoms with Gasteiger partial charge in [0, 0.05) is 10.6 Å². The fourth-order valence-corrected chi connectivity index (χ4v) is 3.75. The van der Waals surface area contributed by atoms with Crippen LogP contribution in [-0.2, 0) is 0 Å². The Morgan fingerprint density at radius 3 is 2.03 bits per heavy atom. The summed E-state index contributed by atoms with van der Waals surface area (Å²) in [6.07, 6.45) is 1.11. The maximum atomic E-state index is 9.85. The van der Waals surface area contributed by atoms with Gasteiger partial charge in [0.05, 0.1) is 17.1 Å². The van der Waals surface area contributed by atoms with Gasteiger partial charge < -0.3 is 15.2 Å². The molecule has 0 saturated heterocycles. The fourth-order valence-electron chi connectivity index (χ4n) is 2.43. The van der Waals surface area contributed by atoms with Gasteiger partial charge in [-0.15, -0.1) is 0 Å². The van der Waals surface area contributed by atoms with Crippen LogP contribution >= 0.6 is 23.4 Å². The normalized spacial score (nSPS) is 12.5. The van der Waals surface area contributed by atoms with E-state index in [1.807, 2.05) is 45.9 Å². The van der Waals surface area contributed by atoms with Crippen LogP contribution in [0.3, 0.4) is 0 Å². The molecule has 0 spiro atoms. The van der Waals surface area contributed by atoms with Gasteiger partial charge in [-0.05, 0) is 38.8 Å². The summed E-state index contributed by atoms with van der Waals surface area (Å²) >= 11 is 8.02. The largest absolute Gasteiger partial charge is 0.488 e. The van der Waals surface area contributed by atoms with Gasteiger partial charge in [-0.3, -0.25) is 0 Å². The molecule has 0 radical (unpaired) electrons. The van der Waals surface area contributed by atoms with Crippen molar-refractivity contribution in [3.63, 3.8) is 0 Å². The second-order valence-corrected chi connectivity index (χ2v) is 8.02. The summed E-state index contributed by atoms with van der Waals surface area (Å²) in [5.74, 6) is 0.488. The Morgan fingerprint density at radius 1 is 1.00 bits per heavy atom. The van der Waals surface area contributed by atoms with Crippen LogP contribution in [0.5, 0.6) is 11.5 Å². The third kappa shape index (κ3) is 5.09. The minimum Gasteiger partial charge on any atom is -0.488 e. The number of hydrogen-bond donors (Lipinski definition) is 1. The lowest BCUT2D eigenvalue weighted by molar-refractivity contribution is 0.205. The number of rotatable bonds is 8. The van der Waals surface area contributed by atoms with Crippen molar-refractivity contribution in [2.24, 2.45) is 0 Å². The molecule has 0 aliphatic heterocycles. The molecule has 7 heteroatoms. The first-order chi connectivity index (χ1) is 13.9. The number of para-hydroxylation sites is 1. The summed E-state index contributed by atoms with van der Waals surface area (Å²) in [5.41, 5.74) is 6.89. The highest BCUT2D eigenvalue weighted by Gasteiger charge is 2.28. The molecule has 2 N–H and O–H groups in total. The Bertz CT molecular complexity index is 966. The molecule has 2 unspecified atom stereocenters. The Balaban J connectivity index is 2.79. The minimum atomic E-state index is -0.174. The molecular weight excluding hydrogens is 406 g/mol. The van der Waals surface area contributed by atoms with Crippen LogP contribution in [0, 0.1) is 22.7 Å². The first kappa shape index (κ1) is 22.7. The van der Waals surface area contributed by atoms with Crippen molar-refractivity contribution >= 4 is 29.1 Å². The van der Waals surface area contributed by atoms with Crippen LogP contribution in [0.2, 0.25) is 5.02 Å². The number of ether oxygens (including phenoxy) is 2. The van der Waals surface area contributed by atoms with Crippen molar-refractivity contribution in [2.45, 2.75) is 62.5 Å². The van der Waals surface area contributed by atoms with E-state index in [2.05, 4.69) is 12.1 Å². The van der Waals surface area contributed by atoms with E-state index in [1.54, 1.807) is 6.07 Å². The standard InChI is InChI=1S/C22H24ClN3O2S/c1-5-13(3)27-20-15(11-24)16(12-25)21(28-14(4)6-2)22(19(20)23)29-18-10-8-7-9-17(18)26/h7-10,13-14H,5-6,26H2,1-4H3. The van der Waals surface area contributed by atoms with E-state index in [4.69, 9.17) is 26.8 Å². The van der Waals surface area contributed by atoms with Crippen LogP contribution in [-0.4, -0.2) is 12.2 Å². The molecule has 2 aromatic carbocycles. The molecule has 152 valence electrons. The number of nitriles is 2. The molecule has 0 aromatic heterocycles. The first-order valence-electron chi connectivity index (χ1n) is 9.43. The molecule has 0 aliphatic carbocycles. The summed E-state index contributed by atoms with van der Waals surface area (Å²) in [7, 11) is 0. The molecule has 5 nitrogen and oxygen atoms in total. The molecule has 0 saturated carbocycles. The van der Waals surface area contributed by atoms with E-state index in [1.165, 1.54) is 11.8 Å². The van der Waals surface area contributed by atoms with E-state index in [9.17, 15) is 10.5 Å². The van der Waals surface area contributed by atoms with Crippen molar-refractivity contribution in [2.75, 3.05) is 5.73 Å². The lowest BCUT2D eigenvalue weighted by atomic mass is 10.1. The highest BCUT2D eigenvalue weighted by Crippen LogP contribution is 2.50.